The van der Waals surface area contributed by atoms with E-state index in [0.717, 1.165) is 11.1 Å². The van der Waals surface area contributed by atoms with Gasteiger partial charge in [0.2, 0.25) is 0 Å². The lowest BCUT2D eigenvalue weighted by molar-refractivity contribution is 0.0955. The number of aryl methyl sites for hydroxylation is 1. The second-order valence-corrected chi connectivity index (χ2v) is 6.82. The lowest BCUT2D eigenvalue weighted by atomic mass is 10.1. The fourth-order valence-corrected chi connectivity index (χ4v) is 2.99. The number of ether oxygens (including phenoxy) is 2. The molecule has 0 aliphatic carbocycles. The average Bonchev–Trinajstić information content (AvgIpc) is 2.75. The van der Waals surface area contributed by atoms with E-state index in [2.05, 4.69) is 15.5 Å². The quantitative estimate of drug-likeness (QED) is 0.418. The first kappa shape index (κ1) is 21.3. The molecular weight excluding hydrogens is 402 g/mol. The third-order valence-electron chi connectivity index (χ3n) is 4.29. The minimum atomic E-state index is -0.331. The van der Waals surface area contributed by atoms with Gasteiger partial charge in [-0.3, -0.25) is 9.78 Å². The van der Waals surface area contributed by atoms with Crippen LogP contribution in [0.15, 0.2) is 66.0 Å². The number of nitrogens with zero attached hydrogens (tertiary/aromatic N) is 2. The molecule has 0 atom stereocenters. The van der Waals surface area contributed by atoms with Crippen LogP contribution < -0.4 is 14.9 Å². The maximum atomic E-state index is 12.0. The third kappa shape index (κ3) is 5.58. The molecule has 0 spiro atoms. The molecule has 1 aromatic heterocycles. The number of hydrogen-bond acceptors (Lipinski definition) is 5. The molecule has 0 aliphatic rings. The fourth-order valence-electron chi connectivity index (χ4n) is 2.72. The van der Waals surface area contributed by atoms with E-state index in [1.165, 1.54) is 6.21 Å². The van der Waals surface area contributed by atoms with Gasteiger partial charge in [0.05, 0.1) is 17.8 Å². The van der Waals surface area contributed by atoms with E-state index in [1.807, 2.05) is 38.1 Å². The monoisotopic (exact) mass is 423 g/mol. The van der Waals surface area contributed by atoms with Crippen molar-refractivity contribution in [2.45, 2.75) is 20.5 Å². The first-order valence-corrected chi connectivity index (χ1v) is 9.83. The Bertz CT molecular complexity index is 1040. The molecule has 0 saturated heterocycles. The molecule has 0 bridgehead atoms. The van der Waals surface area contributed by atoms with Crippen LogP contribution in [0.25, 0.3) is 0 Å². The van der Waals surface area contributed by atoms with Gasteiger partial charge in [-0.05, 0) is 54.8 Å². The van der Waals surface area contributed by atoms with Crippen LogP contribution in [-0.4, -0.2) is 23.7 Å². The largest absolute Gasteiger partial charge is 0.490 e. The lowest BCUT2D eigenvalue weighted by Crippen LogP contribution is -2.17. The maximum absolute atomic E-state index is 12.0. The second kappa shape index (κ2) is 10.4. The Morgan fingerprint density at radius 1 is 1.17 bits per heavy atom. The second-order valence-electron chi connectivity index (χ2n) is 6.41. The number of hydrazone groups is 1. The summed E-state index contributed by atoms with van der Waals surface area (Å²) in [7, 11) is 0. The number of benzene rings is 2. The van der Waals surface area contributed by atoms with Crippen molar-refractivity contribution in [3.05, 3.63) is 88.2 Å². The summed E-state index contributed by atoms with van der Waals surface area (Å²) in [5.74, 6) is 0.656. The summed E-state index contributed by atoms with van der Waals surface area (Å²) in [4.78, 5) is 15.9. The molecule has 30 heavy (non-hydrogen) atoms. The zero-order valence-corrected chi connectivity index (χ0v) is 17.5. The number of carbonyl (C=O) groups excluding carboxylic acids is 1. The summed E-state index contributed by atoms with van der Waals surface area (Å²) in [5.41, 5.74) is 5.82. The summed E-state index contributed by atoms with van der Waals surface area (Å²) < 4.78 is 11.7. The number of pyridine rings is 1. The number of aromatic nitrogens is 1. The van der Waals surface area contributed by atoms with E-state index < -0.39 is 0 Å². The molecule has 0 unspecified atom stereocenters. The van der Waals surface area contributed by atoms with Crippen molar-refractivity contribution in [1.29, 1.82) is 0 Å². The summed E-state index contributed by atoms with van der Waals surface area (Å²) in [6, 6.07) is 14.7. The standard InChI is InChI=1S/C23H22ClN3O3/c1-3-29-21-13-17(14-26-27-23(28)18-8-10-25-11-9-18)12-20(24)22(21)30-15-19-7-5-4-6-16(19)2/h4-14H,3,15H2,1-2H3,(H,27,28)/b26-14-. The van der Waals surface area contributed by atoms with Crippen LogP contribution in [0.1, 0.15) is 34.0 Å². The Labute approximate surface area is 180 Å². The van der Waals surface area contributed by atoms with Crippen LogP contribution >= 0.6 is 11.6 Å². The van der Waals surface area contributed by atoms with Gasteiger partial charge in [0, 0.05) is 18.0 Å². The SMILES string of the molecule is CCOc1cc(/C=N\NC(=O)c2ccncc2)cc(Cl)c1OCc1ccccc1C. The van der Waals surface area contributed by atoms with Gasteiger partial charge in [0.25, 0.3) is 5.91 Å². The summed E-state index contributed by atoms with van der Waals surface area (Å²) in [5, 5.41) is 4.39. The van der Waals surface area contributed by atoms with Gasteiger partial charge >= 0.3 is 0 Å². The van der Waals surface area contributed by atoms with Gasteiger partial charge < -0.3 is 9.47 Å². The van der Waals surface area contributed by atoms with E-state index in [-0.39, 0.29) is 5.91 Å². The average molecular weight is 424 g/mol. The maximum Gasteiger partial charge on any atom is 0.271 e. The predicted molar refractivity (Wildman–Crippen MR) is 117 cm³/mol. The minimum Gasteiger partial charge on any atom is -0.490 e. The highest BCUT2D eigenvalue weighted by Gasteiger charge is 2.13. The molecule has 2 aromatic carbocycles. The first-order chi connectivity index (χ1) is 14.6. The Hall–Kier alpha value is -3.38. The minimum absolute atomic E-state index is 0.331. The Kier molecular flexibility index (Phi) is 7.40. The molecular formula is C23H22ClN3O3. The van der Waals surface area contributed by atoms with Crippen molar-refractivity contribution in [2.75, 3.05) is 6.61 Å². The summed E-state index contributed by atoms with van der Waals surface area (Å²) >= 11 is 6.45. The highest BCUT2D eigenvalue weighted by atomic mass is 35.5. The number of nitrogens with one attached hydrogen (secondary N) is 1. The number of rotatable bonds is 8. The van der Waals surface area contributed by atoms with Gasteiger partial charge in [-0.2, -0.15) is 5.10 Å². The summed E-state index contributed by atoms with van der Waals surface area (Å²) in [6.07, 6.45) is 4.59. The first-order valence-electron chi connectivity index (χ1n) is 9.45. The van der Waals surface area contributed by atoms with Crippen LogP contribution in [0.5, 0.6) is 11.5 Å². The molecule has 0 aliphatic heterocycles. The van der Waals surface area contributed by atoms with E-state index >= 15 is 0 Å². The topological polar surface area (TPSA) is 72.8 Å². The third-order valence-corrected chi connectivity index (χ3v) is 4.57. The van der Waals surface area contributed by atoms with Gasteiger partial charge in [0.15, 0.2) is 11.5 Å². The van der Waals surface area contributed by atoms with Crippen LogP contribution in [0.3, 0.4) is 0 Å². The highest BCUT2D eigenvalue weighted by molar-refractivity contribution is 6.32. The molecule has 1 N–H and O–H groups in total. The van der Waals surface area contributed by atoms with Gasteiger partial charge in [-0.15, -0.1) is 0 Å². The molecule has 3 rings (SSSR count). The zero-order chi connectivity index (χ0) is 21.3. The molecule has 0 saturated carbocycles. The molecule has 6 nitrogen and oxygen atoms in total. The van der Waals surface area contributed by atoms with Crippen LogP contribution in [0.4, 0.5) is 0 Å². The Morgan fingerprint density at radius 2 is 1.93 bits per heavy atom. The van der Waals surface area contributed by atoms with Gasteiger partial charge in [0.1, 0.15) is 6.61 Å². The number of amides is 1. The number of carbonyl (C=O) groups is 1. The number of hydrogen-bond donors (Lipinski definition) is 1. The van der Waals surface area contributed by atoms with E-state index in [0.29, 0.717) is 40.9 Å². The molecule has 7 heteroatoms. The van der Waals surface area contributed by atoms with E-state index in [1.54, 1.807) is 36.7 Å². The van der Waals surface area contributed by atoms with Crippen molar-refractivity contribution in [2.24, 2.45) is 5.10 Å². The molecule has 1 heterocycles. The zero-order valence-electron chi connectivity index (χ0n) is 16.8. The molecule has 154 valence electrons. The fraction of sp³-hybridized carbons (Fsp3) is 0.174. The van der Waals surface area contributed by atoms with Crippen molar-refractivity contribution in [1.82, 2.24) is 10.4 Å². The van der Waals surface area contributed by atoms with Crippen LogP contribution in [0, 0.1) is 6.92 Å². The number of halogens is 1. The Balaban J connectivity index is 1.73. The van der Waals surface area contributed by atoms with E-state index in [9.17, 15) is 4.79 Å². The van der Waals surface area contributed by atoms with Crippen molar-refractivity contribution >= 4 is 23.7 Å². The van der Waals surface area contributed by atoms with E-state index in [4.69, 9.17) is 21.1 Å². The Morgan fingerprint density at radius 3 is 2.67 bits per heavy atom. The highest BCUT2D eigenvalue weighted by Crippen LogP contribution is 2.37. The summed E-state index contributed by atoms with van der Waals surface area (Å²) in [6.45, 7) is 4.75. The van der Waals surface area contributed by atoms with Gasteiger partial charge in [-0.25, -0.2) is 5.43 Å². The normalized spacial score (nSPS) is 10.8. The van der Waals surface area contributed by atoms with Crippen LogP contribution in [0.2, 0.25) is 5.02 Å². The molecule has 0 radical (unpaired) electrons. The van der Waals surface area contributed by atoms with Crippen LogP contribution in [-0.2, 0) is 6.61 Å². The molecule has 0 fully saturated rings. The lowest BCUT2D eigenvalue weighted by Gasteiger charge is -2.15. The van der Waals surface area contributed by atoms with Crippen molar-refractivity contribution in [3.8, 4) is 11.5 Å². The van der Waals surface area contributed by atoms with Gasteiger partial charge in [-0.1, -0.05) is 35.9 Å². The predicted octanol–water partition coefficient (Wildman–Crippen LogP) is 4.79. The molecule has 1 amide bonds. The smallest absolute Gasteiger partial charge is 0.271 e. The molecule has 3 aromatic rings. The van der Waals surface area contributed by atoms with Crippen molar-refractivity contribution in [3.63, 3.8) is 0 Å². The van der Waals surface area contributed by atoms with Crippen molar-refractivity contribution < 1.29 is 14.3 Å².